The second-order valence-corrected chi connectivity index (χ2v) is 5.08. The van der Waals surface area contributed by atoms with E-state index in [4.69, 9.17) is 5.73 Å². The molecule has 1 aromatic carbocycles. The van der Waals surface area contributed by atoms with Gasteiger partial charge >= 0.3 is 5.97 Å². The Morgan fingerprint density at radius 2 is 2.05 bits per heavy atom. The van der Waals surface area contributed by atoms with E-state index in [-0.39, 0.29) is 0 Å². The number of carboxylic acids is 1. The minimum Gasteiger partial charge on any atom is -0.478 e. The van der Waals surface area contributed by atoms with E-state index in [0.717, 1.165) is 42.3 Å². The molecule has 2 aromatic rings. The third-order valence-electron chi connectivity index (χ3n) is 3.64. The predicted octanol–water partition coefficient (Wildman–Crippen LogP) is 2.81. The largest absolute Gasteiger partial charge is 0.478 e. The van der Waals surface area contributed by atoms with Crippen molar-refractivity contribution < 1.29 is 9.90 Å². The molecule has 0 radical (unpaired) electrons. The van der Waals surface area contributed by atoms with Crippen molar-refractivity contribution in [1.29, 1.82) is 0 Å². The summed E-state index contributed by atoms with van der Waals surface area (Å²) < 4.78 is 2.24. The van der Waals surface area contributed by atoms with Crippen LogP contribution in [0.5, 0.6) is 0 Å². The lowest BCUT2D eigenvalue weighted by atomic mass is 10.0. The zero-order chi connectivity index (χ0) is 14.7. The van der Waals surface area contributed by atoms with Gasteiger partial charge in [-0.1, -0.05) is 13.8 Å². The summed E-state index contributed by atoms with van der Waals surface area (Å²) in [6.07, 6.45) is 4.79. The quantitative estimate of drug-likeness (QED) is 0.851. The van der Waals surface area contributed by atoms with E-state index < -0.39 is 5.97 Å². The van der Waals surface area contributed by atoms with Gasteiger partial charge in [-0.05, 0) is 49.1 Å². The highest BCUT2D eigenvalue weighted by molar-refractivity contribution is 5.96. The molecule has 0 unspecified atom stereocenters. The molecule has 0 aliphatic carbocycles. The average molecular weight is 274 g/mol. The maximum absolute atomic E-state index is 11.3. The first kappa shape index (κ1) is 14.6. The molecule has 0 bridgehead atoms. The molecule has 0 amide bonds. The highest BCUT2D eigenvalue weighted by atomic mass is 16.4. The molecule has 108 valence electrons. The summed E-state index contributed by atoms with van der Waals surface area (Å²) in [5.41, 5.74) is 9.45. The fraction of sp³-hybridized carbons (Fsp3) is 0.438. The molecule has 2 rings (SSSR count). The maximum Gasteiger partial charge on any atom is 0.335 e. The normalized spacial score (nSPS) is 11.2. The van der Waals surface area contributed by atoms with Gasteiger partial charge in [0.25, 0.3) is 0 Å². The first-order chi connectivity index (χ1) is 9.62. The molecule has 4 heteroatoms. The fourth-order valence-corrected chi connectivity index (χ4v) is 2.77. The van der Waals surface area contributed by atoms with Crippen LogP contribution in [0.15, 0.2) is 18.3 Å². The summed E-state index contributed by atoms with van der Waals surface area (Å²) in [4.78, 5) is 11.3. The molecule has 1 aromatic heterocycles. The van der Waals surface area contributed by atoms with Gasteiger partial charge in [-0.2, -0.15) is 0 Å². The van der Waals surface area contributed by atoms with Crippen LogP contribution in [0.2, 0.25) is 0 Å². The second-order valence-electron chi connectivity index (χ2n) is 5.08. The number of fused-ring (bicyclic) bond motifs is 1. The van der Waals surface area contributed by atoms with Crippen molar-refractivity contribution in [2.45, 2.75) is 39.7 Å². The van der Waals surface area contributed by atoms with Gasteiger partial charge in [-0.3, -0.25) is 0 Å². The van der Waals surface area contributed by atoms with Crippen LogP contribution in [0, 0.1) is 0 Å². The zero-order valence-corrected chi connectivity index (χ0v) is 12.1. The minimum atomic E-state index is -0.872. The zero-order valence-electron chi connectivity index (χ0n) is 12.1. The molecule has 0 fully saturated rings. The lowest BCUT2D eigenvalue weighted by Crippen LogP contribution is -2.02. The first-order valence-electron chi connectivity index (χ1n) is 7.20. The van der Waals surface area contributed by atoms with Crippen LogP contribution in [0.25, 0.3) is 10.9 Å². The third kappa shape index (κ3) is 2.56. The van der Waals surface area contributed by atoms with Gasteiger partial charge in [0.2, 0.25) is 0 Å². The number of benzene rings is 1. The van der Waals surface area contributed by atoms with Crippen molar-refractivity contribution in [2.75, 3.05) is 6.54 Å². The number of hydrogen-bond donors (Lipinski definition) is 2. The number of aromatic nitrogens is 1. The molecule has 4 nitrogen and oxygen atoms in total. The van der Waals surface area contributed by atoms with Crippen molar-refractivity contribution in [1.82, 2.24) is 4.57 Å². The lowest BCUT2D eigenvalue weighted by Gasteiger charge is -2.09. The molecule has 3 N–H and O–H groups in total. The Kier molecular flexibility index (Phi) is 4.45. The second kappa shape index (κ2) is 6.09. The molecular weight excluding hydrogens is 252 g/mol. The Hall–Kier alpha value is -1.81. The Morgan fingerprint density at radius 1 is 1.30 bits per heavy atom. The highest BCUT2D eigenvalue weighted by Crippen LogP contribution is 2.28. The third-order valence-corrected chi connectivity index (χ3v) is 3.64. The minimum absolute atomic E-state index is 0.363. The van der Waals surface area contributed by atoms with Crippen molar-refractivity contribution in [3.8, 4) is 0 Å². The smallest absolute Gasteiger partial charge is 0.335 e. The van der Waals surface area contributed by atoms with Gasteiger partial charge in [0, 0.05) is 18.1 Å². The lowest BCUT2D eigenvalue weighted by molar-refractivity contribution is 0.0697. The van der Waals surface area contributed by atoms with Crippen LogP contribution in [0.1, 0.15) is 41.8 Å². The molecule has 20 heavy (non-hydrogen) atoms. The number of nitrogens with two attached hydrogens (primary N) is 1. The molecule has 0 saturated heterocycles. The Bertz CT molecular complexity index is 629. The number of rotatable bonds is 6. The van der Waals surface area contributed by atoms with E-state index in [2.05, 4.69) is 24.6 Å². The topological polar surface area (TPSA) is 68.2 Å². The number of nitrogens with zero attached hydrogens (tertiary/aromatic N) is 1. The number of carbonyl (C=O) groups is 1. The highest BCUT2D eigenvalue weighted by Gasteiger charge is 2.15. The Morgan fingerprint density at radius 3 is 2.60 bits per heavy atom. The summed E-state index contributed by atoms with van der Waals surface area (Å²) in [5.74, 6) is -0.872. The van der Waals surface area contributed by atoms with Crippen LogP contribution >= 0.6 is 0 Å². The predicted molar refractivity (Wildman–Crippen MR) is 81.3 cm³/mol. The molecule has 0 aliphatic rings. The standard InChI is InChI=1S/C16H22N2O2/c1-3-7-18-10-12(5-6-17)14-9-13(16(19)20)8-11(4-2)15(14)18/h8-10H,3-7,17H2,1-2H3,(H,19,20). The summed E-state index contributed by atoms with van der Waals surface area (Å²) >= 11 is 0. The Balaban J connectivity index is 2.74. The Labute approximate surface area is 119 Å². The number of aryl methyl sites for hydroxylation is 2. The number of carboxylic acid groups (broad SMARTS) is 1. The monoisotopic (exact) mass is 274 g/mol. The summed E-state index contributed by atoms with van der Waals surface area (Å²) in [6, 6.07) is 3.58. The van der Waals surface area contributed by atoms with Gasteiger partial charge in [-0.15, -0.1) is 0 Å². The van der Waals surface area contributed by atoms with E-state index in [0.29, 0.717) is 12.1 Å². The van der Waals surface area contributed by atoms with Crippen LogP contribution < -0.4 is 5.73 Å². The van der Waals surface area contributed by atoms with Gasteiger partial charge in [-0.25, -0.2) is 4.79 Å². The van der Waals surface area contributed by atoms with Crippen molar-refractivity contribution in [2.24, 2.45) is 5.73 Å². The van der Waals surface area contributed by atoms with Gasteiger partial charge in [0.05, 0.1) is 11.1 Å². The van der Waals surface area contributed by atoms with Crippen LogP contribution in [-0.4, -0.2) is 22.2 Å². The van der Waals surface area contributed by atoms with Gasteiger partial charge in [0.1, 0.15) is 0 Å². The molecule has 0 atom stereocenters. The fourth-order valence-electron chi connectivity index (χ4n) is 2.77. The van der Waals surface area contributed by atoms with Crippen molar-refractivity contribution in [3.63, 3.8) is 0 Å². The summed E-state index contributed by atoms with van der Waals surface area (Å²) in [6.45, 7) is 5.72. The molecule has 0 saturated carbocycles. The van der Waals surface area contributed by atoms with E-state index in [1.54, 1.807) is 12.1 Å². The molecule has 0 aliphatic heterocycles. The summed E-state index contributed by atoms with van der Waals surface area (Å²) in [5, 5.41) is 10.3. The van der Waals surface area contributed by atoms with E-state index >= 15 is 0 Å². The van der Waals surface area contributed by atoms with Crippen molar-refractivity contribution >= 4 is 16.9 Å². The van der Waals surface area contributed by atoms with E-state index in [9.17, 15) is 9.90 Å². The number of hydrogen-bond acceptors (Lipinski definition) is 2. The maximum atomic E-state index is 11.3. The SMILES string of the molecule is CCCn1cc(CCN)c2cc(C(=O)O)cc(CC)c21. The molecular formula is C16H22N2O2. The van der Waals surface area contributed by atoms with Crippen LogP contribution in [0.3, 0.4) is 0 Å². The van der Waals surface area contributed by atoms with E-state index in [1.807, 2.05) is 0 Å². The first-order valence-corrected chi connectivity index (χ1v) is 7.20. The average Bonchev–Trinajstić information content (AvgIpc) is 2.77. The van der Waals surface area contributed by atoms with Crippen LogP contribution in [-0.2, 0) is 19.4 Å². The van der Waals surface area contributed by atoms with Crippen LogP contribution in [0.4, 0.5) is 0 Å². The van der Waals surface area contributed by atoms with E-state index in [1.165, 1.54) is 5.52 Å². The van der Waals surface area contributed by atoms with Crippen molar-refractivity contribution in [3.05, 3.63) is 35.0 Å². The molecule has 0 spiro atoms. The summed E-state index contributed by atoms with van der Waals surface area (Å²) in [7, 11) is 0. The molecule has 1 heterocycles. The number of aromatic carboxylic acids is 1. The van der Waals surface area contributed by atoms with Gasteiger partial charge < -0.3 is 15.4 Å². The van der Waals surface area contributed by atoms with Gasteiger partial charge in [0.15, 0.2) is 0 Å².